The van der Waals surface area contributed by atoms with Crippen LogP contribution in [-0.4, -0.2) is 28.7 Å². The number of benzene rings is 1. The summed E-state index contributed by atoms with van der Waals surface area (Å²) in [5, 5.41) is 13.9. The highest BCUT2D eigenvalue weighted by atomic mass is 32.1. The summed E-state index contributed by atoms with van der Waals surface area (Å²) in [5.41, 5.74) is 4.10. The smallest absolute Gasteiger partial charge is 0.262 e. The van der Waals surface area contributed by atoms with Crippen LogP contribution in [0.3, 0.4) is 0 Å². The number of aliphatic hydroxyl groups is 1. The molecular weight excluding hydrogens is 420 g/mol. The number of nitrogens with one attached hydrogen (secondary N) is 1. The fraction of sp³-hybridized carbons (Fsp3) is 0.462. The molecular formula is C26H30N2O3S. The zero-order valence-electron chi connectivity index (χ0n) is 18.6. The van der Waals surface area contributed by atoms with Crippen LogP contribution in [-0.2, 0) is 0 Å². The minimum atomic E-state index is -0.324. The standard InChI is InChI=1S/C26H30N2O3S/c1-15(2)22-23-24(17(11-13-27-23)16-7-3-5-9-20(16)29)32-25(22)26(30)28-19-12-14-31-21-10-6-4-8-18(19)21/h4,6,8,10-11,13,15-16,19-20,29H,3,5,7,9,12,14H2,1-2H3,(H,28,30). The number of hydrogen-bond donors (Lipinski definition) is 2. The van der Waals surface area contributed by atoms with E-state index in [1.165, 1.54) is 11.3 Å². The van der Waals surface area contributed by atoms with E-state index in [2.05, 4.69) is 19.2 Å². The van der Waals surface area contributed by atoms with Crippen molar-refractivity contribution in [2.24, 2.45) is 0 Å². The Morgan fingerprint density at radius 1 is 1.16 bits per heavy atom. The number of carbonyl (C=O) groups is 1. The third kappa shape index (κ3) is 3.80. The second-order valence-corrected chi connectivity index (χ2v) is 10.3. The van der Waals surface area contributed by atoms with E-state index in [4.69, 9.17) is 9.72 Å². The molecule has 3 aromatic rings. The van der Waals surface area contributed by atoms with Gasteiger partial charge in [-0.3, -0.25) is 9.78 Å². The van der Waals surface area contributed by atoms with Gasteiger partial charge in [-0.1, -0.05) is 44.9 Å². The molecule has 2 N–H and O–H groups in total. The Labute approximate surface area is 192 Å². The maximum absolute atomic E-state index is 13.6. The van der Waals surface area contributed by atoms with Crippen LogP contribution in [0.4, 0.5) is 0 Å². The Hall–Kier alpha value is -2.44. The van der Waals surface area contributed by atoms with Crippen molar-refractivity contribution in [3.05, 3.63) is 58.1 Å². The first kappa shape index (κ1) is 21.4. The highest BCUT2D eigenvalue weighted by molar-refractivity contribution is 7.21. The molecule has 0 radical (unpaired) electrons. The summed E-state index contributed by atoms with van der Waals surface area (Å²) in [6.07, 6.45) is 6.30. The van der Waals surface area contributed by atoms with Gasteiger partial charge in [0.1, 0.15) is 5.75 Å². The predicted molar refractivity (Wildman–Crippen MR) is 128 cm³/mol. The largest absolute Gasteiger partial charge is 0.493 e. The van der Waals surface area contributed by atoms with E-state index in [1.54, 1.807) is 0 Å². The van der Waals surface area contributed by atoms with Gasteiger partial charge in [0.2, 0.25) is 0 Å². The normalized spacial score (nSPS) is 23.1. The van der Waals surface area contributed by atoms with Crippen molar-refractivity contribution in [2.45, 2.75) is 69.9 Å². The predicted octanol–water partition coefficient (Wildman–Crippen LogP) is 5.69. The van der Waals surface area contributed by atoms with E-state index in [9.17, 15) is 9.90 Å². The van der Waals surface area contributed by atoms with E-state index in [1.807, 2.05) is 36.5 Å². The summed E-state index contributed by atoms with van der Waals surface area (Å²) < 4.78 is 6.82. The van der Waals surface area contributed by atoms with Gasteiger partial charge in [-0.25, -0.2) is 0 Å². The van der Waals surface area contributed by atoms with Gasteiger partial charge in [0.15, 0.2) is 0 Å². The fourth-order valence-electron chi connectivity index (χ4n) is 5.21. The molecule has 6 heteroatoms. The van der Waals surface area contributed by atoms with Gasteiger partial charge in [-0.2, -0.15) is 0 Å². The molecule has 0 bridgehead atoms. The summed E-state index contributed by atoms with van der Waals surface area (Å²) in [7, 11) is 0. The third-order valence-corrected chi connectivity index (χ3v) is 8.06. The van der Waals surface area contributed by atoms with Gasteiger partial charge < -0.3 is 15.2 Å². The van der Waals surface area contributed by atoms with Crippen LogP contribution >= 0.6 is 11.3 Å². The molecule has 1 aromatic carbocycles. The number of aromatic nitrogens is 1. The molecule has 3 atom stereocenters. The molecule has 32 heavy (non-hydrogen) atoms. The molecule has 0 spiro atoms. The zero-order chi connectivity index (χ0) is 22.2. The summed E-state index contributed by atoms with van der Waals surface area (Å²) in [4.78, 5) is 19.0. The first-order valence-corrected chi connectivity index (χ1v) is 12.5. The van der Waals surface area contributed by atoms with E-state index in [0.29, 0.717) is 6.61 Å². The van der Waals surface area contributed by atoms with Gasteiger partial charge >= 0.3 is 0 Å². The first-order chi connectivity index (χ1) is 15.5. The van der Waals surface area contributed by atoms with Crippen molar-refractivity contribution < 1.29 is 14.6 Å². The van der Waals surface area contributed by atoms with Crippen molar-refractivity contribution in [3.63, 3.8) is 0 Å². The fourth-order valence-corrected chi connectivity index (χ4v) is 6.61. The monoisotopic (exact) mass is 450 g/mol. The Bertz CT molecular complexity index is 1140. The minimum Gasteiger partial charge on any atom is -0.493 e. The van der Waals surface area contributed by atoms with Gasteiger partial charge in [0.25, 0.3) is 5.91 Å². The Morgan fingerprint density at radius 2 is 1.97 bits per heavy atom. The molecule has 5 nitrogen and oxygen atoms in total. The average Bonchev–Trinajstić information content (AvgIpc) is 3.20. The number of rotatable bonds is 4. The topological polar surface area (TPSA) is 71.5 Å². The number of amides is 1. The molecule has 3 heterocycles. The number of fused-ring (bicyclic) bond motifs is 2. The lowest BCUT2D eigenvalue weighted by Crippen LogP contribution is -2.32. The summed E-state index contributed by atoms with van der Waals surface area (Å²) in [6, 6.07) is 9.90. The van der Waals surface area contributed by atoms with E-state index in [-0.39, 0.29) is 29.9 Å². The number of thiophene rings is 1. The number of para-hydroxylation sites is 1. The molecule has 168 valence electrons. The Kier molecular flexibility index (Phi) is 5.91. The van der Waals surface area contributed by atoms with Crippen LogP contribution in [0.5, 0.6) is 5.75 Å². The molecule has 0 saturated heterocycles. The second-order valence-electron chi connectivity index (χ2n) is 9.24. The van der Waals surface area contributed by atoms with Crippen LogP contribution in [0.2, 0.25) is 0 Å². The molecule has 1 saturated carbocycles. The summed E-state index contributed by atoms with van der Waals surface area (Å²) >= 11 is 1.54. The number of carbonyl (C=O) groups excluding carboxylic acids is 1. The highest BCUT2D eigenvalue weighted by Crippen LogP contribution is 2.43. The van der Waals surface area contributed by atoms with Gasteiger partial charge in [0, 0.05) is 29.7 Å². The van der Waals surface area contributed by atoms with Gasteiger partial charge in [-0.15, -0.1) is 11.3 Å². The van der Waals surface area contributed by atoms with E-state index in [0.717, 1.165) is 69.6 Å². The number of aliphatic hydroxyl groups excluding tert-OH is 1. The third-order valence-electron chi connectivity index (χ3n) is 6.82. The Morgan fingerprint density at radius 3 is 2.78 bits per heavy atom. The van der Waals surface area contributed by atoms with Crippen molar-refractivity contribution in [3.8, 4) is 5.75 Å². The minimum absolute atomic E-state index is 0.0476. The molecule has 1 amide bonds. The second kappa shape index (κ2) is 8.83. The molecule has 3 unspecified atom stereocenters. The van der Waals surface area contributed by atoms with Crippen LogP contribution in [0.25, 0.3) is 10.2 Å². The van der Waals surface area contributed by atoms with E-state index >= 15 is 0 Å². The highest BCUT2D eigenvalue weighted by Gasteiger charge is 2.31. The van der Waals surface area contributed by atoms with Crippen molar-refractivity contribution in [2.75, 3.05) is 6.61 Å². The molecule has 1 fully saturated rings. The lowest BCUT2D eigenvalue weighted by atomic mass is 9.82. The molecule has 1 aliphatic heterocycles. The van der Waals surface area contributed by atoms with Crippen LogP contribution < -0.4 is 10.1 Å². The average molecular weight is 451 g/mol. The Balaban J connectivity index is 1.53. The summed E-state index contributed by atoms with van der Waals surface area (Å²) in [5.74, 6) is 1.09. The molecule has 5 rings (SSSR count). The zero-order valence-corrected chi connectivity index (χ0v) is 19.5. The first-order valence-electron chi connectivity index (χ1n) is 11.7. The number of hydrogen-bond acceptors (Lipinski definition) is 5. The van der Waals surface area contributed by atoms with Crippen LogP contribution in [0.1, 0.15) is 90.2 Å². The van der Waals surface area contributed by atoms with E-state index < -0.39 is 0 Å². The van der Waals surface area contributed by atoms with Gasteiger partial charge in [0.05, 0.1) is 33.8 Å². The van der Waals surface area contributed by atoms with Crippen molar-refractivity contribution in [1.82, 2.24) is 10.3 Å². The maximum atomic E-state index is 13.6. The van der Waals surface area contributed by atoms with Gasteiger partial charge in [-0.05, 0) is 36.5 Å². The molecule has 1 aliphatic carbocycles. The number of nitrogens with zero attached hydrogens (tertiary/aromatic N) is 1. The van der Waals surface area contributed by atoms with Crippen molar-refractivity contribution >= 4 is 27.5 Å². The number of pyridine rings is 1. The molecule has 2 aromatic heterocycles. The molecule has 2 aliphatic rings. The number of ether oxygens (including phenoxy) is 1. The quantitative estimate of drug-likeness (QED) is 0.535. The summed E-state index contributed by atoms with van der Waals surface area (Å²) in [6.45, 7) is 4.83. The van der Waals surface area contributed by atoms with Crippen LogP contribution in [0, 0.1) is 0 Å². The van der Waals surface area contributed by atoms with Crippen molar-refractivity contribution in [1.29, 1.82) is 0 Å². The maximum Gasteiger partial charge on any atom is 0.262 e. The van der Waals surface area contributed by atoms with Crippen LogP contribution in [0.15, 0.2) is 36.5 Å². The SMILES string of the molecule is CC(C)c1c(C(=O)NC2CCOc3ccccc32)sc2c(C3CCCCC3O)ccnc12. The lowest BCUT2D eigenvalue weighted by Gasteiger charge is -2.28. The lowest BCUT2D eigenvalue weighted by molar-refractivity contribution is 0.0927.